The standard InChI is InChI=1S/C22H25N5O7/c1-23-18(14-19(29)24(2)22(23)30)26-10-8-25(9-11-26)7-3-12-34-21-15(27(31)32)4-5-17-20(21)16(28)6-13-33-17/h4-6,13-14H,3,7-12H2,1-2H3. The Hall–Kier alpha value is -3.93. The van der Waals surface area contributed by atoms with Crippen LogP contribution in [0.4, 0.5) is 11.5 Å². The molecule has 0 radical (unpaired) electrons. The van der Waals surface area contributed by atoms with Crippen LogP contribution in [0.2, 0.25) is 0 Å². The smallest absolute Gasteiger partial charge is 0.332 e. The van der Waals surface area contributed by atoms with Gasteiger partial charge in [-0.25, -0.2) is 4.79 Å². The van der Waals surface area contributed by atoms with Gasteiger partial charge in [-0.15, -0.1) is 0 Å². The van der Waals surface area contributed by atoms with Gasteiger partial charge in [0, 0.05) is 65.0 Å². The molecule has 1 aliphatic heterocycles. The minimum Gasteiger partial charge on any atom is -0.486 e. The molecule has 1 fully saturated rings. The number of aromatic nitrogens is 2. The maximum Gasteiger partial charge on any atom is 0.332 e. The van der Waals surface area contributed by atoms with Gasteiger partial charge in [-0.2, -0.15) is 0 Å². The summed E-state index contributed by atoms with van der Waals surface area (Å²) >= 11 is 0. The van der Waals surface area contributed by atoms with Crippen LogP contribution in [0, 0.1) is 10.1 Å². The summed E-state index contributed by atoms with van der Waals surface area (Å²) in [6.45, 7) is 3.63. The Balaban J connectivity index is 1.36. The number of benzene rings is 1. The highest BCUT2D eigenvalue weighted by atomic mass is 16.6. The molecule has 0 unspecified atom stereocenters. The zero-order valence-electron chi connectivity index (χ0n) is 18.9. The SMILES string of the molecule is Cn1c(N2CCN(CCCOc3c([N+](=O)[O-])ccc4occc(=O)c34)CC2)cc(=O)n(C)c1=O. The summed E-state index contributed by atoms with van der Waals surface area (Å²) < 4.78 is 13.5. The predicted octanol–water partition coefficient (Wildman–Crippen LogP) is 0.690. The van der Waals surface area contributed by atoms with Crippen LogP contribution in [0.3, 0.4) is 0 Å². The van der Waals surface area contributed by atoms with Crippen LogP contribution >= 0.6 is 0 Å². The Morgan fingerprint density at radius 2 is 1.79 bits per heavy atom. The second-order valence-corrected chi connectivity index (χ2v) is 8.10. The van der Waals surface area contributed by atoms with Gasteiger partial charge < -0.3 is 14.1 Å². The molecule has 0 N–H and O–H groups in total. The minimum atomic E-state index is -0.579. The van der Waals surface area contributed by atoms with E-state index >= 15 is 0 Å². The fourth-order valence-electron chi connectivity index (χ4n) is 4.12. The van der Waals surface area contributed by atoms with Crippen LogP contribution in [0.15, 0.2) is 49.3 Å². The number of fused-ring (bicyclic) bond motifs is 1. The van der Waals surface area contributed by atoms with Gasteiger partial charge in [-0.1, -0.05) is 0 Å². The summed E-state index contributed by atoms with van der Waals surface area (Å²) in [5.41, 5.74) is -1.15. The number of rotatable bonds is 7. The molecular formula is C22H25N5O7. The number of hydrogen-bond donors (Lipinski definition) is 0. The maximum atomic E-state index is 12.3. The molecule has 12 nitrogen and oxygen atoms in total. The van der Waals surface area contributed by atoms with Crippen molar-refractivity contribution in [3.63, 3.8) is 0 Å². The highest BCUT2D eigenvalue weighted by molar-refractivity contribution is 5.87. The van der Waals surface area contributed by atoms with E-state index in [1.165, 1.54) is 42.1 Å². The molecule has 2 aromatic heterocycles. The highest BCUT2D eigenvalue weighted by Crippen LogP contribution is 2.33. The summed E-state index contributed by atoms with van der Waals surface area (Å²) in [6.07, 6.45) is 1.83. The molecule has 0 spiro atoms. The highest BCUT2D eigenvalue weighted by Gasteiger charge is 2.23. The Morgan fingerprint density at radius 1 is 1.06 bits per heavy atom. The van der Waals surface area contributed by atoms with Gasteiger partial charge in [0.25, 0.3) is 5.56 Å². The molecule has 0 amide bonds. The molecule has 4 rings (SSSR count). The lowest BCUT2D eigenvalue weighted by atomic mass is 10.2. The lowest BCUT2D eigenvalue weighted by Crippen LogP contribution is -2.49. The van der Waals surface area contributed by atoms with Crippen molar-refractivity contribution in [2.24, 2.45) is 14.1 Å². The molecule has 0 saturated carbocycles. The van der Waals surface area contributed by atoms with Crippen LogP contribution in [-0.4, -0.2) is 58.3 Å². The number of ether oxygens (including phenoxy) is 1. The summed E-state index contributed by atoms with van der Waals surface area (Å²) in [5, 5.41) is 11.5. The van der Waals surface area contributed by atoms with E-state index in [0.717, 1.165) is 17.7 Å². The van der Waals surface area contributed by atoms with E-state index in [2.05, 4.69) is 4.90 Å². The van der Waals surface area contributed by atoms with Crippen LogP contribution in [0.1, 0.15) is 6.42 Å². The molecule has 1 aromatic carbocycles. The minimum absolute atomic E-state index is 0.0601. The maximum absolute atomic E-state index is 12.3. The third-order valence-electron chi connectivity index (χ3n) is 6.02. The van der Waals surface area contributed by atoms with E-state index in [-0.39, 0.29) is 40.3 Å². The quantitative estimate of drug-likeness (QED) is 0.277. The predicted molar refractivity (Wildman–Crippen MR) is 125 cm³/mol. The summed E-state index contributed by atoms with van der Waals surface area (Å²) in [5.74, 6) is 0.520. The molecule has 12 heteroatoms. The van der Waals surface area contributed by atoms with E-state index in [1.54, 1.807) is 7.05 Å². The van der Waals surface area contributed by atoms with Crippen molar-refractivity contribution in [2.45, 2.75) is 6.42 Å². The number of nitro groups is 1. The number of anilines is 1. The number of nitrogens with zero attached hydrogens (tertiary/aromatic N) is 5. The Labute approximate surface area is 193 Å². The van der Waals surface area contributed by atoms with Gasteiger partial charge in [0.15, 0.2) is 5.43 Å². The largest absolute Gasteiger partial charge is 0.486 e. The Kier molecular flexibility index (Phi) is 6.50. The van der Waals surface area contributed by atoms with Crippen molar-refractivity contribution in [3.05, 3.63) is 71.7 Å². The first kappa shape index (κ1) is 23.2. The van der Waals surface area contributed by atoms with Crippen LogP contribution in [0.5, 0.6) is 5.75 Å². The normalized spacial score (nSPS) is 14.5. The van der Waals surface area contributed by atoms with Gasteiger partial charge in [0.1, 0.15) is 16.8 Å². The fraction of sp³-hybridized carbons (Fsp3) is 0.409. The molecule has 0 bridgehead atoms. The molecule has 3 aromatic rings. The molecule has 34 heavy (non-hydrogen) atoms. The lowest BCUT2D eigenvalue weighted by Gasteiger charge is -2.36. The first-order chi connectivity index (χ1) is 16.3. The number of piperazine rings is 1. The average Bonchev–Trinajstić information content (AvgIpc) is 2.83. The van der Waals surface area contributed by atoms with Crippen LogP contribution < -0.4 is 26.3 Å². The van der Waals surface area contributed by atoms with E-state index in [0.29, 0.717) is 31.9 Å². The Morgan fingerprint density at radius 3 is 2.50 bits per heavy atom. The molecule has 1 saturated heterocycles. The third-order valence-corrected chi connectivity index (χ3v) is 6.02. The second-order valence-electron chi connectivity index (χ2n) is 8.10. The third kappa shape index (κ3) is 4.44. The number of nitro benzene ring substituents is 1. The second kappa shape index (κ2) is 9.51. The lowest BCUT2D eigenvalue weighted by molar-refractivity contribution is -0.385. The molecule has 0 aliphatic carbocycles. The summed E-state index contributed by atoms with van der Waals surface area (Å²) in [7, 11) is 3.10. The van der Waals surface area contributed by atoms with Gasteiger partial charge >= 0.3 is 11.4 Å². The van der Waals surface area contributed by atoms with Gasteiger partial charge in [0.2, 0.25) is 5.75 Å². The topological polar surface area (TPSA) is 133 Å². The molecule has 3 heterocycles. The molecular weight excluding hydrogens is 446 g/mol. The Bertz CT molecular complexity index is 1400. The van der Waals surface area contributed by atoms with Crippen molar-refractivity contribution in [1.82, 2.24) is 14.0 Å². The molecule has 0 atom stereocenters. The van der Waals surface area contributed by atoms with Crippen molar-refractivity contribution in [2.75, 3.05) is 44.2 Å². The van der Waals surface area contributed by atoms with Crippen molar-refractivity contribution >= 4 is 22.5 Å². The van der Waals surface area contributed by atoms with E-state index in [1.807, 2.05) is 4.90 Å². The van der Waals surface area contributed by atoms with Crippen LogP contribution in [0.25, 0.3) is 11.0 Å². The van der Waals surface area contributed by atoms with E-state index in [4.69, 9.17) is 9.15 Å². The molecule has 180 valence electrons. The van der Waals surface area contributed by atoms with Crippen molar-refractivity contribution < 1.29 is 14.1 Å². The fourth-order valence-corrected chi connectivity index (χ4v) is 4.12. The first-order valence-corrected chi connectivity index (χ1v) is 10.8. The summed E-state index contributed by atoms with van der Waals surface area (Å²) in [4.78, 5) is 51.5. The van der Waals surface area contributed by atoms with Crippen molar-refractivity contribution in [1.29, 1.82) is 0 Å². The number of hydrogen-bond acceptors (Lipinski definition) is 9. The van der Waals surface area contributed by atoms with Gasteiger partial charge in [0.05, 0.1) is 17.8 Å². The zero-order valence-corrected chi connectivity index (χ0v) is 18.9. The van der Waals surface area contributed by atoms with E-state index < -0.39 is 10.4 Å². The monoisotopic (exact) mass is 471 g/mol. The van der Waals surface area contributed by atoms with Crippen molar-refractivity contribution in [3.8, 4) is 5.75 Å². The first-order valence-electron chi connectivity index (χ1n) is 10.8. The van der Waals surface area contributed by atoms with E-state index in [9.17, 15) is 24.5 Å². The van der Waals surface area contributed by atoms with Gasteiger partial charge in [-0.3, -0.25) is 33.7 Å². The summed E-state index contributed by atoms with van der Waals surface area (Å²) in [6, 6.07) is 5.33. The molecule has 1 aliphatic rings. The van der Waals surface area contributed by atoms with Gasteiger partial charge in [-0.05, 0) is 12.5 Å². The average molecular weight is 471 g/mol. The zero-order chi connectivity index (χ0) is 24.4. The van der Waals surface area contributed by atoms with Crippen LogP contribution in [-0.2, 0) is 14.1 Å².